The van der Waals surface area contributed by atoms with Gasteiger partial charge in [0.05, 0.1) is 24.7 Å². The molecule has 142 valence electrons. The van der Waals surface area contributed by atoms with Gasteiger partial charge in [-0.15, -0.1) is 0 Å². The van der Waals surface area contributed by atoms with E-state index in [9.17, 15) is 14.9 Å². The van der Waals surface area contributed by atoms with Gasteiger partial charge in [0.15, 0.2) is 11.5 Å². The van der Waals surface area contributed by atoms with Gasteiger partial charge in [-0.2, -0.15) is 0 Å². The molecule has 1 heterocycles. The topological polar surface area (TPSA) is 81.9 Å². The molecule has 1 aliphatic carbocycles. The lowest BCUT2D eigenvalue weighted by atomic mass is 9.75. The summed E-state index contributed by atoms with van der Waals surface area (Å²) in [5.41, 5.74) is -0.158. The first-order valence-corrected chi connectivity index (χ1v) is 9.33. The Bertz CT molecular complexity index is 691. The third kappa shape index (κ3) is 3.61. The second kappa shape index (κ2) is 7.93. The molecule has 26 heavy (non-hydrogen) atoms. The van der Waals surface area contributed by atoms with Crippen LogP contribution in [0.15, 0.2) is 12.1 Å². The highest BCUT2D eigenvalue weighted by molar-refractivity contribution is 5.99. The van der Waals surface area contributed by atoms with Crippen LogP contribution >= 0.6 is 0 Å². The number of fused-ring (bicyclic) bond motifs is 1. The second-order valence-electron chi connectivity index (χ2n) is 7.05. The molecular formula is C19H26N2O5. The molecule has 3 rings (SSSR count). The fourth-order valence-electron chi connectivity index (χ4n) is 4.26. The number of amides is 1. The van der Waals surface area contributed by atoms with E-state index in [1.54, 1.807) is 4.90 Å². The zero-order valence-corrected chi connectivity index (χ0v) is 15.4. The van der Waals surface area contributed by atoms with E-state index in [1.807, 2.05) is 6.92 Å². The zero-order valence-electron chi connectivity index (χ0n) is 15.4. The number of rotatable bonds is 5. The molecule has 1 saturated heterocycles. The van der Waals surface area contributed by atoms with Crippen LogP contribution in [-0.4, -0.2) is 42.5 Å². The number of carbonyl (C=O) groups excluding carboxylic acids is 1. The van der Waals surface area contributed by atoms with E-state index in [2.05, 4.69) is 0 Å². The molecule has 0 N–H and O–H groups in total. The van der Waals surface area contributed by atoms with E-state index in [0.29, 0.717) is 37.3 Å². The molecule has 0 bridgehead atoms. The molecule has 0 spiro atoms. The molecule has 2 aliphatic rings. The van der Waals surface area contributed by atoms with Crippen LogP contribution in [0.3, 0.4) is 0 Å². The number of piperidine rings is 1. The molecule has 2 atom stereocenters. The van der Waals surface area contributed by atoms with Crippen LogP contribution in [0.25, 0.3) is 0 Å². The van der Waals surface area contributed by atoms with Crippen molar-refractivity contribution in [3.63, 3.8) is 0 Å². The third-order valence-corrected chi connectivity index (χ3v) is 5.59. The van der Waals surface area contributed by atoms with Crippen molar-refractivity contribution in [1.82, 2.24) is 4.90 Å². The van der Waals surface area contributed by atoms with E-state index >= 15 is 0 Å². The first kappa shape index (κ1) is 18.5. The van der Waals surface area contributed by atoms with Gasteiger partial charge in [0.2, 0.25) is 0 Å². The maximum absolute atomic E-state index is 13.1. The van der Waals surface area contributed by atoms with Gasteiger partial charge < -0.3 is 14.4 Å². The largest absolute Gasteiger partial charge is 0.493 e. The van der Waals surface area contributed by atoms with Crippen molar-refractivity contribution in [3.8, 4) is 11.5 Å². The molecule has 0 aromatic heterocycles. The fourth-order valence-corrected chi connectivity index (χ4v) is 4.26. The fraction of sp³-hybridized carbons (Fsp3) is 0.632. The quantitative estimate of drug-likeness (QED) is 0.590. The van der Waals surface area contributed by atoms with Gasteiger partial charge in [0.1, 0.15) is 5.56 Å². The second-order valence-corrected chi connectivity index (χ2v) is 7.05. The van der Waals surface area contributed by atoms with Crippen molar-refractivity contribution in [1.29, 1.82) is 0 Å². The summed E-state index contributed by atoms with van der Waals surface area (Å²) in [5, 5.41) is 11.5. The third-order valence-electron chi connectivity index (χ3n) is 5.59. The van der Waals surface area contributed by atoms with Gasteiger partial charge in [0, 0.05) is 19.2 Å². The summed E-state index contributed by atoms with van der Waals surface area (Å²) in [6, 6.07) is 2.74. The highest BCUT2D eigenvalue weighted by atomic mass is 16.6. The molecule has 1 amide bonds. The molecule has 7 nitrogen and oxygen atoms in total. The van der Waals surface area contributed by atoms with Crippen molar-refractivity contribution >= 4 is 11.6 Å². The molecule has 1 aromatic rings. The summed E-state index contributed by atoms with van der Waals surface area (Å²) in [7, 11) is 1.43. The number of nitro benzene ring substituents is 1. The number of methoxy groups -OCH3 is 1. The summed E-state index contributed by atoms with van der Waals surface area (Å²) in [6.07, 6.45) is 5.85. The maximum atomic E-state index is 13.1. The molecule has 1 aromatic carbocycles. The molecule has 1 saturated carbocycles. The average molecular weight is 362 g/mol. The van der Waals surface area contributed by atoms with Crippen LogP contribution in [0.4, 0.5) is 5.69 Å². The van der Waals surface area contributed by atoms with Crippen molar-refractivity contribution in [2.24, 2.45) is 11.8 Å². The maximum Gasteiger partial charge on any atom is 0.286 e. The first-order valence-electron chi connectivity index (χ1n) is 9.33. The number of ether oxygens (including phenoxy) is 2. The highest BCUT2D eigenvalue weighted by Crippen LogP contribution is 2.39. The predicted molar refractivity (Wildman–Crippen MR) is 96.8 cm³/mol. The van der Waals surface area contributed by atoms with Gasteiger partial charge in [-0.05, 0) is 31.6 Å². The van der Waals surface area contributed by atoms with Crippen LogP contribution in [0.1, 0.15) is 49.4 Å². The zero-order chi connectivity index (χ0) is 18.7. The lowest BCUT2D eigenvalue weighted by Crippen LogP contribution is -2.44. The highest BCUT2D eigenvalue weighted by Gasteiger charge is 2.35. The van der Waals surface area contributed by atoms with Crippen molar-refractivity contribution in [2.75, 3.05) is 26.8 Å². The number of carbonyl (C=O) groups is 1. The van der Waals surface area contributed by atoms with Crippen molar-refractivity contribution < 1.29 is 19.2 Å². The molecule has 2 fully saturated rings. The van der Waals surface area contributed by atoms with Crippen LogP contribution < -0.4 is 9.47 Å². The van der Waals surface area contributed by atoms with Crippen LogP contribution in [-0.2, 0) is 0 Å². The van der Waals surface area contributed by atoms with E-state index in [-0.39, 0.29) is 22.9 Å². The SMILES string of the molecule is CCOc1cc(C(=O)N2CC[C@@H]3CCCC[C@H]3C2)c([N+](=O)[O-])cc1OC. The van der Waals surface area contributed by atoms with Crippen LogP contribution in [0, 0.1) is 22.0 Å². The summed E-state index contributed by atoms with van der Waals surface area (Å²) < 4.78 is 10.7. The van der Waals surface area contributed by atoms with Gasteiger partial charge in [0.25, 0.3) is 11.6 Å². The lowest BCUT2D eigenvalue weighted by Gasteiger charge is -2.41. The molecule has 0 unspecified atom stereocenters. The Morgan fingerprint density at radius 1 is 1.23 bits per heavy atom. The van der Waals surface area contributed by atoms with Gasteiger partial charge in [-0.3, -0.25) is 14.9 Å². The van der Waals surface area contributed by atoms with Crippen molar-refractivity contribution in [2.45, 2.75) is 39.0 Å². The number of benzene rings is 1. The minimum Gasteiger partial charge on any atom is -0.493 e. The van der Waals surface area contributed by atoms with Gasteiger partial charge in [-0.25, -0.2) is 0 Å². The summed E-state index contributed by atoms with van der Waals surface area (Å²) >= 11 is 0. The lowest BCUT2D eigenvalue weighted by molar-refractivity contribution is -0.385. The summed E-state index contributed by atoms with van der Waals surface area (Å²) in [4.78, 5) is 25.8. The number of hydrogen-bond donors (Lipinski definition) is 0. The van der Waals surface area contributed by atoms with Crippen molar-refractivity contribution in [3.05, 3.63) is 27.8 Å². The standard InChI is InChI=1S/C19H26N2O5/c1-3-26-18-10-15(16(21(23)24)11-17(18)25-2)19(22)20-9-8-13-6-4-5-7-14(13)12-20/h10-11,13-14H,3-9,12H2,1-2H3/t13-,14-/m0/s1. The minimum atomic E-state index is -0.529. The molecule has 0 radical (unpaired) electrons. The average Bonchev–Trinajstić information content (AvgIpc) is 2.66. The van der Waals surface area contributed by atoms with Crippen LogP contribution in [0.5, 0.6) is 11.5 Å². The number of likely N-dealkylation sites (tertiary alicyclic amines) is 1. The Balaban J connectivity index is 1.89. The Morgan fingerprint density at radius 2 is 1.96 bits per heavy atom. The number of nitro groups is 1. The monoisotopic (exact) mass is 362 g/mol. The molecule has 7 heteroatoms. The Hall–Kier alpha value is -2.31. The smallest absolute Gasteiger partial charge is 0.286 e. The minimum absolute atomic E-state index is 0.0773. The first-order chi connectivity index (χ1) is 12.5. The van der Waals surface area contributed by atoms with E-state index in [1.165, 1.54) is 38.5 Å². The summed E-state index contributed by atoms with van der Waals surface area (Å²) in [6.45, 7) is 3.55. The van der Waals surface area contributed by atoms with Gasteiger partial charge in [-0.1, -0.05) is 19.3 Å². The van der Waals surface area contributed by atoms with Crippen LogP contribution in [0.2, 0.25) is 0 Å². The molecular weight excluding hydrogens is 336 g/mol. The Morgan fingerprint density at radius 3 is 2.62 bits per heavy atom. The van der Waals surface area contributed by atoms with E-state index in [0.717, 1.165) is 12.8 Å². The van der Waals surface area contributed by atoms with E-state index in [4.69, 9.17) is 9.47 Å². The Kier molecular flexibility index (Phi) is 5.64. The number of hydrogen-bond acceptors (Lipinski definition) is 5. The summed E-state index contributed by atoms with van der Waals surface area (Å²) in [5.74, 6) is 1.55. The van der Waals surface area contributed by atoms with Gasteiger partial charge >= 0.3 is 0 Å². The predicted octanol–water partition coefficient (Wildman–Crippen LogP) is 3.65. The Labute approximate surface area is 153 Å². The number of nitrogens with zero attached hydrogens (tertiary/aromatic N) is 2. The molecule has 1 aliphatic heterocycles. The van der Waals surface area contributed by atoms with E-state index < -0.39 is 4.92 Å². The normalized spacial score (nSPS) is 22.5.